The minimum atomic E-state index is -0.357. The van der Waals surface area contributed by atoms with Crippen LogP contribution < -0.4 is 11.1 Å². The smallest absolute Gasteiger partial charge is 0.277 e. The summed E-state index contributed by atoms with van der Waals surface area (Å²) >= 11 is 6.64. The zero-order valence-electron chi connectivity index (χ0n) is 8.41. The number of benzene rings is 1. The molecule has 17 heavy (non-hydrogen) atoms. The third kappa shape index (κ3) is 2.67. The van der Waals surface area contributed by atoms with Crippen molar-refractivity contribution in [1.29, 1.82) is 0 Å². The average molecular weight is 361 g/mol. The lowest BCUT2D eigenvalue weighted by atomic mass is 10.2. The van der Waals surface area contributed by atoms with E-state index in [9.17, 15) is 4.79 Å². The first-order valence-electron chi connectivity index (χ1n) is 4.54. The van der Waals surface area contributed by atoms with Gasteiger partial charge in [-0.1, -0.05) is 5.16 Å². The van der Waals surface area contributed by atoms with Crippen LogP contribution in [0.1, 0.15) is 10.5 Å². The van der Waals surface area contributed by atoms with Gasteiger partial charge in [0.15, 0.2) is 5.69 Å². The molecule has 0 fully saturated rings. The molecule has 0 aliphatic carbocycles. The van der Waals surface area contributed by atoms with Crippen LogP contribution in [0.15, 0.2) is 37.9 Å². The Morgan fingerprint density at radius 1 is 1.35 bits per heavy atom. The number of halogens is 2. The van der Waals surface area contributed by atoms with Gasteiger partial charge < -0.3 is 15.6 Å². The molecule has 0 aliphatic rings. The SMILES string of the molecule is Nc1cc(Br)c(NC(=O)c2ccon2)c(Br)c1. The van der Waals surface area contributed by atoms with E-state index in [2.05, 4.69) is 46.9 Å². The van der Waals surface area contributed by atoms with Crippen LogP contribution in [0.5, 0.6) is 0 Å². The molecule has 0 radical (unpaired) electrons. The zero-order valence-corrected chi connectivity index (χ0v) is 11.6. The molecule has 0 saturated heterocycles. The normalized spacial score (nSPS) is 10.2. The van der Waals surface area contributed by atoms with Crippen molar-refractivity contribution in [3.63, 3.8) is 0 Å². The van der Waals surface area contributed by atoms with Gasteiger partial charge in [-0.3, -0.25) is 4.79 Å². The Morgan fingerprint density at radius 2 is 2.00 bits per heavy atom. The third-order valence-corrected chi connectivity index (χ3v) is 3.22. The molecule has 7 heteroatoms. The van der Waals surface area contributed by atoms with Crippen molar-refractivity contribution in [3.05, 3.63) is 39.1 Å². The molecular formula is C10H7Br2N3O2. The summed E-state index contributed by atoms with van der Waals surface area (Å²) in [6, 6.07) is 4.88. The first-order valence-corrected chi connectivity index (χ1v) is 6.13. The monoisotopic (exact) mass is 359 g/mol. The minimum absolute atomic E-state index is 0.209. The van der Waals surface area contributed by atoms with Crippen molar-refractivity contribution in [2.45, 2.75) is 0 Å². The Balaban J connectivity index is 2.28. The molecule has 0 aliphatic heterocycles. The van der Waals surface area contributed by atoms with Crippen molar-refractivity contribution in [3.8, 4) is 0 Å². The van der Waals surface area contributed by atoms with Gasteiger partial charge in [-0.25, -0.2) is 0 Å². The molecule has 0 bridgehead atoms. The van der Waals surface area contributed by atoms with Gasteiger partial charge in [0.05, 0.1) is 5.69 Å². The molecule has 1 aromatic carbocycles. The van der Waals surface area contributed by atoms with E-state index in [1.165, 1.54) is 12.3 Å². The Hall–Kier alpha value is -1.34. The summed E-state index contributed by atoms with van der Waals surface area (Å²) in [5, 5.41) is 6.24. The Bertz CT molecular complexity index is 532. The lowest BCUT2D eigenvalue weighted by molar-refractivity contribution is 0.101. The number of nitrogens with zero attached hydrogens (tertiary/aromatic N) is 1. The molecule has 2 rings (SSSR count). The number of carbonyl (C=O) groups is 1. The van der Waals surface area contributed by atoms with Gasteiger partial charge in [0.1, 0.15) is 6.26 Å². The van der Waals surface area contributed by atoms with Crippen LogP contribution >= 0.6 is 31.9 Å². The highest BCUT2D eigenvalue weighted by Gasteiger charge is 2.13. The average Bonchev–Trinajstić information content (AvgIpc) is 2.76. The molecule has 0 saturated carbocycles. The van der Waals surface area contributed by atoms with Gasteiger partial charge in [0.25, 0.3) is 5.91 Å². The maximum atomic E-state index is 11.8. The molecule has 1 amide bonds. The zero-order chi connectivity index (χ0) is 12.4. The summed E-state index contributed by atoms with van der Waals surface area (Å²) in [7, 11) is 0. The van der Waals surface area contributed by atoms with Crippen LogP contribution in [-0.4, -0.2) is 11.1 Å². The number of amides is 1. The lowest BCUT2D eigenvalue weighted by Gasteiger charge is -2.09. The maximum Gasteiger partial charge on any atom is 0.277 e. The van der Waals surface area contributed by atoms with Crippen LogP contribution in [0.2, 0.25) is 0 Å². The standard InChI is InChI=1S/C10H7Br2N3O2/c11-6-3-5(13)4-7(12)9(6)14-10(16)8-1-2-17-15-8/h1-4H,13H2,(H,14,16). The molecule has 3 N–H and O–H groups in total. The van der Waals surface area contributed by atoms with E-state index in [0.29, 0.717) is 20.3 Å². The summed E-state index contributed by atoms with van der Waals surface area (Å²) in [5.41, 5.74) is 7.04. The predicted molar refractivity (Wildman–Crippen MR) is 70.7 cm³/mol. The number of carbonyl (C=O) groups excluding carboxylic acids is 1. The summed E-state index contributed by atoms with van der Waals surface area (Å²) in [6.07, 6.45) is 1.34. The molecule has 0 spiro atoms. The Kier molecular flexibility index (Phi) is 3.49. The van der Waals surface area contributed by atoms with Gasteiger partial charge in [0, 0.05) is 20.7 Å². The van der Waals surface area contributed by atoms with Crippen LogP contribution in [0, 0.1) is 0 Å². The largest absolute Gasteiger partial charge is 0.399 e. The van der Waals surface area contributed by atoms with Crippen LogP contribution in [0.3, 0.4) is 0 Å². The molecule has 88 valence electrons. The lowest BCUT2D eigenvalue weighted by Crippen LogP contribution is -2.13. The van der Waals surface area contributed by atoms with Crippen LogP contribution in [0.25, 0.3) is 0 Å². The number of hydrogen-bond donors (Lipinski definition) is 2. The van der Waals surface area contributed by atoms with E-state index in [-0.39, 0.29) is 11.6 Å². The fourth-order valence-corrected chi connectivity index (χ4v) is 2.64. The number of aromatic nitrogens is 1. The fourth-order valence-electron chi connectivity index (χ4n) is 1.22. The maximum absolute atomic E-state index is 11.8. The van der Waals surface area contributed by atoms with Crippen LogP contribution in [0.4, 0.5) is 11.4 Å². The second-order valence-electron chi connectivity index (χ2n) is 3.20. The molecule has 0 unspecified atom stereocenters. The van der Waals surface area contributed by atoms with Crippen molar-refractivity contribution >= 4 is 49.1 Å². The highest BCUT2D eigenvalue weighted by molar-refractivity contribution is 9.11. The number of hydrogen-bond acceptors (Lipinski definition) is 4. The van der Waals surface area contributed by atoms with Crippen molar-refractivity contribution < 1.29 is 9.32 Å². The molecule has 2 aromatic rings. The Morgan fingerprint density at radius 3 is 2.53 bits per heavy atom. The number of nitrogen functional groups attached to an aromatic ring is 1. The van der Waals surface area contributed by atoms with E-state index in [1.54, 1.807) is 12.1 Å². The topological polar surface area (TPSA) is 81.1 Å². The molecule has 1 heterocycles. The van der Waals surface area contributed by atoms with Gasteiger partial charge in [-0.15, -0.1) is 0 Å². The highest BCUT2D eigenvalue weighted by Crippen LogP contribution is 2.33. The Labute approximate surface area is 114 Å². The van der Waals surface area contributed by atoms with E-state index in [4.69, 9.17) is 5.73 Å². The molecule has 1 aromatic heterocycles. The van der Waals surface area contributed by atoms with E-state index < -0.39 is 0 Å². The van der Waals surface area contributed by atoms with Crippen LogP contribution in [-0.2, 0) is 0 Å². The quantitative estimate of drug-likeness (QED) is 0.806. The first kappa shape index (κ1) is 12.1. The second-order valence-corrected chi connectivity index (χ2v) is 4.91. The number of nitrogens with two attached hydrogens (primary N) is 1. The number of rotatable bonds is 2. The molecule has 5 nitrogen and oxygen atoms in total. The predicted octanol–water partition coefficient (Wildman–Crippen LogP) is 3.03. The second kappa shape index (κ2) is 4.89. The van der Waals surface area contributed by atoms with Crippen molar-refractivity contribution in [2.24, 2.45) is 0 Å². The van der Waals surface area contributed by atoms with E-state index >= 15 is 0 Å². The van der Waals surface area contributed by atoms with Crippen molar-refractivity contribution in [2.75, 3.05) is 11.1 Å². The number of nitrogens with one attached hydrogen (secondary N) is 1. The fraction of sp³-hybridized carbons (Fsp3) is 0. The number of anilines is 2. The minimum Gasteiger partial charge on any atom is -0.399 e. The first-order chi connectivity index (χ1) is 8.08. The van der Waals surface area contributed by atoms with Gasteiger partial charge in [0.2, 0.25) is 0 Å². The van der Waals surface area contributed by atoms with Gasteiger partial charge >= 0.3 is 0 Å². The van der Waals surface area contributed by atoms with E-state index in [0.717, 1.165) is 0 Å². The third-order valence-electron chi connectivity index (χ3n) is 1.97. The molecular weight excluding hydrogens is 354 g/mol. The summed E-state index contributed by atoms with van der Waals surface area (Å²) in [4.78, 5) is 11.8. The van der Waals surface area contributed by atoms with Gasteiger partial charge in [-0.05, 0) is 44.0 Å². The van der Waals surface area contributed by atoms with Gasteiger partial charge in [-0.2, -0.15) is 0 Å². The summed E-state index contributed by atoms with van der Waals surface area (Å²) in [5.74, 6) is -0.357. The van der Waals surface area contributed by atoms with Crippen molar-refractivity contribution in [1.82, 2.24) is 5.16 Å². The highest BCUT2D eigenvalue weighted by atomic mass is 79.9. The van der Waals surface area contributed by atoms with E-state index in [1.807, 2.05) is 0 Å². The molecule has 0 atom stereocenters. The summed E-state index contributed by atoms with van der Waals surface area (Å²) in [6.45, 7) is 0. The summed E-state index contributed by atoms with van der Waals surface area (Å²) < 4.78 is 5.96.